The van der Waals surface area contributed by atoms with E-state index in [0.717, 1.165) is 36.9 Å². The van der Waals surface area contributed by atoms with Crippen LogP contribution >= 0.6 is 0 Å². The van der Waals surface area contributed by atoms with Crippen molar-refractivity contribution in [3.63, 3.8) is 0 Å². The van der Waals surface area contributed by atoms with E-state index in [9.17, 15) is 18.0 Å². The number of nitrogens with one attached hydrogen (secondary N) is 2. The minimum absolute atomic E-state index is 0.149. The number of carbonyl (C=O) groups is 2. The van der Waals surface area contributed by atoms with Crippen molar-refractivity contribution in [2.75, 3.05) is 11.9 Å². The average molecular weight is 686 g/mol. The molecule has 3 aromatic heterocycles. The fourth-order valence-electron chi connectivity index (χ4n) is 5.22. The smallest absolute Gasteiger partial charge is 0.306 e. The molecule has 258 valence electrons. The monoisotopic (exact) mass is 685 g/mol. The number of anilines is 2. The topological polar surface area (TPSA) is 150 Å². The largest absolute Gasteiger partial charge is 0.460 e. The molecule has 0 aliphatic rings. The van der Waals surface area contributed by atoms with E-state index in [1.807, 2.05) is 38.6 Å². The van der Waals surface area contributed by atoms with Gasteiger partial charge in [-0.3, -0.25) is 14.3 Å². The Hall–Kier alpha value is -5.04. The lowest BCUT2D eigenvalue weighted by Gasteiger charge is -2.19. The van der Waals surface area contributed by atoms with E-state index >= 15 is 0 Å². The Bertz CT molecular complexity index is 2030. The number of fused-ring (bicyclic) bond motifs is 1. The Kier molecular flexibility index (Phi) is 10.8. The maximum absolute atomic E-state index is 13.7. The Morgan fingerprint density at radius 3 is 2.37 bits per heavy atom. The summed E-state index contributed by atoms with van der Waals surface area (Å²) in [5.41, 5.74) is 3.05. The van der Waals surface area contributed by atoms with Gasteiger partial charge in [0, 0.05) is 54.1 Å². The molecule has 2 N–H and O–H groups in total. The third-order valence-corrected chi connectivity index (χ3v) is 9.29. The van der Waals surface area contributed by atoms with Crippen molar-refractivity contribution < 1.29 is 22.7 Å². The first-order valence-corrected chi connectivity index (χ1v) is 17.9. The van der Waals surface area contributed by atoms with Gasteiger partial charge in [-0.2, -0.15) is 10.1 Å². The van der Waals surface area contributed by atoms with Crippen molar-refractivity contribution >= 4 is 44.6 Å². The standard InChI is InChI=1S/C36H43N7O5S/c1-6-21-42-24-27(23-38-42)32-30-19-22-43(49(46,47)29-17-11-25(2)12-18-29)33(30)41-35(40-32)39-28-15-13-26(14-16-28)34(45)37-20-9-7-8-10-31(44)48-36(3,4)5/h11-19,22-24H,6-10,20-21H2,1-5H3,(H,37,45)(H,39,40,41). The van der Waals surface area contributed by atoms with Crippen LogP contribution in [0.5, 0.6) is 0 Å². The first-order valence-electron chi connectivity index (χ1n) is 16.5. The highest BCUT2D eigenvalue weighted by molar-refractivity contribution is 7.90. The summed E-state index contributed by atoms with van der Waals surface area (Å²) in [7, 11) is -3.96. The Balaban J connectivity index is 1.31. The maximum Gasteiger partial charge on any atom is 0.306 e. The Morgan fingerprint density at radius 2 is 1.67 bits per heavy atom. The molecule has 0 spiro atoms. The zero-order chi connectivity index (χ0) is 35.2. The van der Waals surface area contributed by atoms with Gasteiger partial charge in [-0.25, -0.2) is 17.4 Å². The molecule has 3 heterocycles. The van der Waals surface area contributed by atoms with Gasteiger partial charge in [0.1, 0.15) is 5.60 Å². The summed E-state index contributed by atoms with van der Waals surface area (Å²) in [4.78, 5) is 34.2. The second-order valence-electron chi connectivity index (χ2n) is 12.9. The molecule has 0 aliphatic carbocycles. The lowest BCUT2D eigenvalue weighted by atomic mass is 10.1. The summed E-state index contributed by atoms with van der Waals surface area (Å²) in [6, 6.07) is 15.2. The first-order chi connectivity index (χ1) is 23.3. The zero-order valence-corrected chi connectivity index (χ0v) is 29.4. The van der Waals surface area contributed by atoms with Gasteiger partial charge >= 0.3 is 5.97 Å². The molecule has 0 atom stereocenters. The van der Waals surface area contributed by atoms with Crippen LogP contribution in [-0.2, 0) is 26.1 Å². The fourth-order valence-corrected chi connectivity index (χ4v) is 6.52. The number of aryl methyl sites for hydroxylation is 2. The van der Waals surface area contributed by atoms with E-state index in [2.05, 4.69) is 27.6 Å². The number of rotatable bonds is 14. The van der Waals surface area contributed by atoms with Gasteiger partial charge in [0.25, 0.3) is 15.9 Å². The number of hydrogen-bond acceptors (Lipinski definition) is 9. The molecule has 0 aliphatic heterocycles. The van der Waals surface area contributed by atoms with Gasteiger partial charge in [-0.05, 0) is 89.4 Å². The molecular formula is C36H43N7O5S. The number of ether oxygens (including phenoxy) is 1. The molecule has 49 heavy (non-hydrogen) atoms. The number of benzene rings is 2. The molecule has 0 saturated heterocycles. The van der Waals surface area contributed by atoms with Crippen LogP contribution in [0.2, 0.25) is 0 Å². The van der Waals surface area contributed by atoms with Gasteiger partial charge in [0.05, 0.1) is 16.8 Å². The van der Waals surface area contributed by atoms with Gasteiger partial charge in [-0.15, -0.1) is 0 Å². The highest BCUT2D eigenvalue weighted by atomic mass is 32.2. The van der Waals surface area contributed by atoms with E-state index < -0.39 is 15.6 Å². The predicted octanol–water partition coefficient (Wildman–Crippen LogP) is 6.63. The summed E-state index contributed by atoms with van der Waals surface area (Å²) in [6.07, 6.45) is 8.59. The summed E-state index contributed by atoms with van der Waals surface area (Å²) < 4.78 is 35.8. The van der Waals surface area contributed by atoms with Crippen molar-refractivity contribution in [1.82, 2.24) is 29.0 Å². The lowest BCUT2D eigenvalue weighted by Crippen LogP contribution is -2.24. The Labute approximate surface area is 287 Å². The van der Waals surface area contributed by atoms with E-state index in [1.165, 1.54) is 10.2 Å². The predicted molar refractivity (Wildman–Crippen MR) is 189 cm³/mol. The number of nitrogens with zero attached hydrogens (tertiary/aromatic N) is 5. The number of carbonyl (C=O) groups excluding carboxylic acids is 2. The average Bonchev–Trinajstić information content (AvgIpc) is 3.70. The normalized spacial score (nSPS) is 11.9. The summed E-state index contributed by atoms with van der Waals surface area (Å²) in [5.74, 6) is -0.230. The molecule has 0 unspecified atom stereocenters. The molecule has 12 nitrogen and oxygen atoms in total. The van der Waals surface area contributed by atoms with Crippen LogP contribution in [0.15, 0.2) is 78.1 Å². The van der Waals surface area contributed by atoms with Crippen LogP contribution in [0.25, 0.3) is 22.3 Å². The molecule has 5 aromatic rings. The molecule has 0 bridgehead atoms. The van der Waals surface area contributed by atoms with Crippen LogP contribution in [0.3, 0.4) is 0 Å². The fraction of sp³-hybridized carbons (Fsp3) is 0.361. The van der Waals surface area contributed by atoms with Gasteiger partial charge < -0.3 is 15.4 Å². The van der Waals surface area contributed by atoms with E-state index in [4.69, 9.17) is 9.72 Å². The van der Waals surface area contributed by atoms with Gasteiger partial charge in [-0.1, -0.05) is 31.0 Å². The molecule has 13 heteroatoms. The summed E-state index contributed by atoms with van der Waals surface area (Å²) in [5, 5.41) is 11.1. The van der Waals surface area contributed by atoms with Crippen LogP contribution in [0, 0.1) is 6.92 Å². The van der Waals surface area contributed by atoms with Crippen molar-refractivity contribution in [1.29, 1.82) is 0 Å². The summed E-state index contributed by atoms with van der Waals surface area (Å²) in [6.45, 7) is 10.7. The minimum Gasteiger partial charge on any atom is -0.460 e. The SMILES string of the molecule is CCCn1cc(-c2nc(Nc3ccc(C(=O)NCCCCCC(=O)OC(C)(C)C)cc3)nc3c2ccn3S(=O)(=O)c2ccc(C)cc2)cn1. The molecule has 0 fully saturated rings. The number of esters is 1. The molecule has 2 aromatic carbocycles. The van der Waals surface area contributed by atoms with Crippen molar-refractivity contribution in [3.05, 3.63) is 84.3 Å². The van der Waals surface area contributed by atoms with E-state index in [0.29, 0.717) is 41.7 Å². The van der Waals surface area contributed by atoms with Crippen LogP contribution in [0.4, 0.5) is 11.6 Å². The first kappa shape index (κ1) is 35.3. The number of aromatic nitrogens is 5. The van der Waals surface area contributed by atoms with Crippen molar-refractivity contribution in [3.8, 4) is 11.3 Å². The van der Waals surface area contributed by atoms with Crippen LogP contribution < -0.4 is 10.6 Å². The highest BCUT2D eigenvalue weighted by Gasteiger charge is 2.23. The molecular weight excluding hydrogens is 643 g/mol. The summed E-state index contributed by atoms with van der Waals surface area (Å²) >= 11 is 0. The van der Waals surface area contributed by atoms with Crippen molar-refractivity contribution in [2.45, 2.75) is 83.8 Å². The minimum atomic E-state index is -3.96. The van der Waals surface area contributed by atoms with E-state index in [1.54, 1.807) is 60.8 Å². The molecule has 5 rings (SSSR count). The number of amides is 1. The quantitative estimate of drug-likeness (QED) is 0.0970. The third-order valence-electron chi connectivity index (χ3n) is 7.61. The lowest BCUT2D eigenvalue weighted by molar-refractivity contribution is -0.154. The molecule has 1 amide bonds. The Morgan fingerprint density at radius 1 is 0.939 bits per heavy atom. The van der Waals surface area contributed by atoms with Crippen molar-refractivity contribution in [2.24, 2.45) is 0 Å². The third kappa shape index (κ3) is 8.91. The maximum atomic E-state index is 13.7. The second kappa shape index (κ2) is 15.0. The van der Waals surface area contributed by atoms with Crippen LogP contribution in [0.1, 0.15) is 75.7 Å². The van der Waals surface area contributed by atoms with Gasteiger partial charge in [0.2, 0.25) is 5.95 Å². The van der Waals surface area contributed by atoms with E-state index in [-0.39, 0.29) is 28.4 Å². The highest BCUT2D eigenvalue weighted by Crippen LogP contribution is 2.31. The number of unbranched alkanes of at least 4 members (excludes halogenated alkanes) is 2. The molecule has 0 radical (unpaired) electrons. The molecule has 0 saturated carbocycles. The zero-order valence-electron chi connectivity index (χ0n) is 28.6. The van der Waals surface area contributed by atoms with Crippen LogP contribution in [-0.4, -0.2) is 56.2 Å². The second-order valence-corrected chi connectivity index (χ2v) is 14.7. The van der Waals surface area contributed by atoms with Gasteiger partial charge in [0.15, 0.2) is 5.65 Å². The number of hydrogen-bond donors (Lipinski definition) is 2.